The van der Waals surface area contributed by atoms with Crippen molar-refractivity contribution in [3.05, 3.63) is 57.8 Å². The summed E-state index contributed by atoms with van der Waals surface area (Å²) in [5.41, 5.74) is 9.27. The van der Waals surface area contributed by atoms with Gasteiger partial charge in [-0.3, -0.25) is 4.79 Å². The molecule has 2 amide bonds. The van der Waals surface area contributed by atoms with Gasteiger partial charge in [0.25, 0.3) is 5.91 Å². The summed E-state index contributed by atoms with van der Waals surface area (Å²) >= 11 is 1.38. The van der Waals surface area contributed by atoms with Crippen LogP contribution in [0.2, 0.25) is 0 Å². The fourth-order valence-electron chi connectivity index (χ4n) is 3.80. The number of hydrogen-bond donors (Lipinski definition) is 3. The lowest BCUT2D eigenvalue weighted by atomic mass is 9.96. The van der Waals surface area contributed by atoms with E-state index in [-0.39, 0.29) is 12.5 Å². The summed E-state index contributed by atoms with van der Waals surface area (Å²) in [6, 6.07) is 12.5. The maximum Gasteiger partial charge on any atom is 0.407 e. The number of carboxylic acid groups (broad SMARTS) is 1. The van der Waals surface area contributed by atoms with Gasteiger partial charge < -0.3 is 30.5 Å². The Balaban J connectivity index is 1.83. The third-order valence-corrected chi connectivity index (χ3v) is 6.70. The van der Waals surface area contributed by atoms with Crippen LogP contribution < -0.4 is 20.5 Å². The topological polar surface area (TPSA) is 114 Å². The number of nitrogen functional groups attached to an aromatic ring is 1. The van der Waals surface area contributed by atoms with Crippen molar-refractivity contribution >= 4 is 34.7 Å². The molecule has 9 heteroatoms. The molecular weight excluding hydrogens is 430 g/mol. The van der Waals surface area contributed by atoms with Crippen LogP contribution in [0.5, 0.6) is 11.5 Å². The highest BCUT2D eigenvalue weighted by atomic mass is 32.1. The Morgan fingerprint density at radius 3 is 2.56 bits per heavy atom. The van der Waals surface area contributed by atoms with Crippen molar-refractivity contribution < 1.29 is 24.2 Å². The number of nitrogens with zero attached hydrogens (tertiary/aromatic N) is 1. The molecule has 2 heterocycles. The second kappa shape index (κ2) is 8.80. The van der Waals surface area contributed by atoms with Gasteiger partial charge in [0.05, 0.1) is 32.1 Å². The van der Waals surface area contributed by atoms with Gasteiger partial charge in [0.15, 0.2) is 11.5 Å². The summed E-state index contributed by atoms with van der Waals surface area (Å²) in [6.07, 6.45) is -0.434. The van der Waals surface area contributed by atoms with Crippen LogP contribution in [0.15, 0.2) is 42.5 Å². The van der Waals surface area contributed by atoms with E-state index in [4.69, 9.17) is 15.2 Å². The summed E-state index contributed by atoms with van der Waals surface area (Å²) < 4.78 is 10.8. The molecule has 0 bridgehead atoms. The number of para-hydroxylation sites is 2. The minimum atomic E-state index is -0.983. The van der Waals surface area contributed by atoms with Crippen LogP contribution in [-0.2, 0) is 13.0 Å². The third kappa shape index (κ3) is 3.94. The Morgan fingerprint density at radius 2 is 1.88 bits per heavy atom. The Morgan fingerprint density at radius 1 is 1.12 bits per heavy atom. The summed E-state index contributed by atoms with van der Waals surface area (Å²) in [5.74, 6) is 0.791. The van der Waals surface area contributed by atoms with E-state index in [1.54, 1.807) is 50.6 Å². The number of rotatable bonds is 5. The van der Waals surface area contributed by atoms with Crippen molar-refractivity contribution in [2.24, 2.45) is 0 Å². The van der Waals surface area contributed by atoms with Gasteiger partial charge in [-0.1, -0.05) is 18.2 Å². The molecule has 8 nitrogen and oxygen atoms in total. The number of amides is 2. The van der Waals surface area contributed by atoms with E-state index in [2.05, 4.69) is 5.32 Å². The van der Waals surface area contributed by atoms with Crippen LogP contribution >= 0.6 is 11.3 Å². The lowest BCUT2D eigenvalue weighted by molar-refractivity contribution is 0.103. The second-order valence-corrected chi connectivity index (χ2v) is 8.38. The van der Waals surface area contributed by atoms with Gasteiger partial charge >= 0.3 is 6.09 Å². The Bertz CT molecular complexity index is 1190. The van der Waals surface area contributed by atoms with Crippen LogP contribution in [0.25, 0.3) is 11.1 Å². The first-order valence-electron chi connectivity index (χ1n) is 9.93. The van der Waals surface area contributed by atoms with Crippen LogP contribution in [0, 0.1) is 0 Å². The molecule has 0 spiro atoms. The second-order valence-electron chi connectivity index (χ2n) is 7.27. The van der Waals surface area contributed by atoms with E-state index in [0.29, 0.717) is 46.3 Å². The predicted molar refractivity (Wildman–Crippen MR) is 124 cm³/mol. The molecule has 0 unspecified atom stereocenters. The van der Waals surface area contributed by atoms with Crippen molar-refractivity contribution in [3.8, 4) is 22.6 Å². The molecule has 0 saturated carbocycles. The molecule has 0 atom stereocenters. The first kappa shape index (κ1) is 21.5. The van der Waals surface area contributed by atoms with E-state index < -0.39 is 6.09 Å². The van der Waals surface area contributed by atoms with E-state index in [1.807, 2.05) is 6.07 Å². The number of thiophene rings is 1. The van der Waals surface area contributed by atoms with E-state index in [1.165, 1.54) is 16.2 Å². The summed E-state index contributed by atoms with van der Waals surface area (Å²) in [4.78, 5) is 27.8. The molecule has 0 fully saturated rings. The summed E-state index contributed by atoms with van der Waals surface area (Å²) in [6.45, 7) is 0.604. The van der Waals surface area contributed by atoms with Gasteiger partial charge in [-0.2, -0.15) is 0 Å². The molecule has 1 aliphatic heterocycles. The number of carbonyl (C=O) groups excluding carboxylic acids is 1. The molecule has 4 rings (SSSR count). The minimum absolute atomic E-state index is 0.214. The van der Waals surface area contributed by atoms with Gasteiger partial charge in [0.1, 0.15) is 4.88 Å². The zero-order valence-electron chi connectivity index (χ0n) is 17.7. The van der Waals surface area contributed by atoms with E-state index in [9.17, 15) is 14.7 Å². The Hall–Kier alpha value is -3.72. The third-order valence-electron chi connectivity index (χ3n) is 5.41. The highest BCUT2D eigenvalue weighted by Crippen LogP contribution is 2.43. The molecule has 3 aromatic rings. The van der Waals surface area contributed by atoms with Crippen LogP contribution in [0.4, 0.5) is 16.2 Å². The molecule has 1 aromatic heterocycles. The number of methoxy groups -OCH3 is 2. The average Bonchev–Trinajstić information content (AvgIpc) is 3.19. The number of carbonyl (C=O) groups is 2. The molecule has 1 aliphatic rings. The quantitative estimate of drug-likeness (QED) is 0.496. The Labute approximate surface area is 189 Å². The lowest BCUT2D eigenvalue weighted by Crippen LogP contribution is -2.34. The molecule has 0 aliphatic carbocycles. The molecule has 2 aromatic carbocycles. The summed E-state index contributed by atoms with van der Waals surface area (Å²) in [7, 11) is 3.10. The number of hydrogen-bond acceptors (Lipinski definition) is 6. The first-order valence-corrected chi connectivity index (χ1v) is 10.7. The van der Waals surface area contributed by atoms with Gasteiger partial charge in [0.2, 0.25) is 0 Å². The number of nitrogens with one attached hydrogen (secondary N) is 1. The number of anilines is 2. The fraction of sp³-hybridized carbons (Fsp3) is 0.217. The largest absolute Gasteiger partial charge is 0.493 e. The van der Waals surface area contributed by atoms with E-state index >= 15 is 0 Å². The highest BCUT2D eigenvalue weighted by Gasteiger charge is 2.30. The van der Waals surface area contributed by atoms with Crippen molar-refractivity contribution in [2.45, 2.75) is 13.0 Å². The zero-order chi connectivity index (χ0) is 22.8. The van der Waals surface area contributed by atoms with Crippen molar-refractivity contribution in [3.63, 3.8) is 0 Å². The molecular formula is C23H23N3O5S. The van der Waals surface area contributed by atoms with Crippen LogP contribution in [-0.4, -0.2) is 42.8 Å². The molecule has 0 radical (unpaired) electrons. The van der Waals surface area contributed by atoms with Gasteiger partial charge in [-0.25, -0.2) is 4.79 Å². The van der Waals surface area contributed by atoms with Crippen molar-refractivity contribution in [2.75, 3.05) is 31.8 Å². The molecule has 32 heavy (non-hydrogen) atoms. The number of nitrogens with two attached hydrogens (primary N) is 1. The highest BCUT2D eigenvalue weighted by molar-refractivity contribution is 7.15. The standard InChI is InChI=1S/C23H23N3O5S/c1-30-17-8-7-13(11-18(17)31-2)20-14-12-26(23(28)29)10-9-19(14)32-21(20)22(27)25-16-6-4-3-5-15(16)24/h3-8,11H,9-10,12,24H2,1-2H3,(H,25,27)(H,28,29). The predicted octanol–water partition coefficient (Wildman–Crippen LogP) is 4.30. The van der Waals surface area contributed by atoms with Gasteiger partial charge in [0, 0.05) is 17.0 Å². The van der Waals surface area contributed by atoms with Crippen LogP contribution in [0.3, 0.4) is 0 Å². The minimum Gasteiger partial charge on any atom is -0.493 e. The first-order chi connectivity index (χ1) is 15.4. The van der Waals surface area contributed by atoms with E-state index in [0.717, 1.165) is 16.0 Å². The van der Waals surface area contributed by atoms with Crippen molar-refractivity contribution in [1.29, 1.82) is 0 Å². The van der Waals surface area contributed by atoms with Gasteiger partial charge in [-0.05, 0) is 41.8 Å². The maximum atomic E-state index is 13.3. The smallest absolute Gasteiger partial charge is 0.407 e. The SMILES string of the molecule is COc1ccc(-c2c(C(=O)Nc3ccccc3N)sc3c2CN(C(=O)O)CC3)cc1OC. The maximum absolute atomic E-state index is 13.3. The lowest BCUT2D eigenvalue weighted by Gasteiger charge is -2.25. The van der Waals surface area contributed by atoms with Crippen LogP contribution in [0.1, 0.15) is 20.1 Å². The number of ether oxygens (including phenoxy) is 2. The molecule has 0 saturated heterocycles. The number of benzene rings is 2. The van der Waals surface area contributed by atoms with Crippen molar-refractivity contribution in [1.82, 2.24) is 4.90 Å². The molecule has 4 N–H and O–H groups in total. The number of fused-ring (bicyclic) bond motifs is 1. The Kier molecular flexibility index (Phi) is 5.91. The zero-order valence-corrected chi connectivity index (χ0v) is 18.5. The fourth-order valence-corrected chi connectivity index (χ4v) is 5.01. The monoisotopic (exact) mass is 453 g/mol. The average molecular weight is 454 g/mol. The molecule has 166 valence electrons. The van der Waals surface area contributed by atoms with Gasteiger partial charge in [-0.15, -0.1) is 11.3 Å². The normalized spacial score (nSPS) is 12.8. The summed E-state index contributed by atoms with van der Waals surface area (Å²) in [5, 5.41) is 12.4.